The molecule has 1 rings (SSSR count). The van der Waals surface area contributed by atoms with Crippen LogP contribution in [0.3, 0.4) is 0 Å². The minimum Gasteiger partial charge on any atom is -0.389 e. The zero-order valence-electron chi connectivity index (χ0n) is 10.3. The fraction of sp³-hybridized carbons (Fsp3) is 0.455. The topological polar surface area (TPSA) is 57.6 Å². The lowest BCUT2D eigenvalue weighted by Gasteiger charge is -2.25. The van der Waals surface area contributed by atoms with Gasteiger partial charge in [-0.05, 0) is 32.0 Å². The van der Waals surface area contributed by atoms with E-state index in [0.29, 0.717) is 0 Å². The average Bonchev–Trinajstić information content (AvgIpc) is 2.19. The molecule has 1 aromatic carbocycles. The summed E-state index contributed by atoms with van der Waals surface area (Å²) in [5, 5.41) is 9.55. The fourth-order valence-corrected chi connectivity index (χ4v) is 3.28. The molecule has 0 bridgehead atoms. The van der Waals surface area contributed by atoms with Gasteiger partial charge in [-0.15, -0.1) is 0 Å². The number of likely N-dealkylation sites (N-methyl/N-ethyl adjacent to an activating group) is 1. The van der Waals surface area contributed by atoms with E-state index in [1.54, 1.807) is 0 Å². The number of nitrogens with zero attached hydrogens (tertiary/aromatic N) is 1. The number of hydrogen-bond donors (Lipinski definition) is 1. The maximum atomic E-state index is 13.1. The van der Waals surface area contributed by atoms with E-state index in [1.807, 2.05) is 0 Å². The Morgan fingerprint density at radius 3 is 2.50 bits per heavy atom. The van der Waals surface area contributed by atoms with E-state index in [9.17, 15) is 17.9 Å². The Hall–Kier alpha value is -0.690. The first-order valence-corrected chi connectivity index (χ1v) is 6.99. The van der Waals surface area contributed by atoms with Crippen LogP contribution in [-0.4, -0.2) is 37.0 Å². The minimum atomic E-state index is -3.92. The second-order valence-electron chi connectivity index (χ2n) is 4.65. The van der Waals surface area contributed by atoms with Gasteiger partial charge >= 0.3 is 0 Å². The van der Waals surface area contributed by atoms with Crippen molar-refractivity contribution in [3.05, 3.63) is 29.0 Å². The van der Waals surface area contributed by atoms with Gasteiger partial charge in [0.15, 0.2) is 0 Å². The smallest absolute Gasteiger partial charge is 0.244 e. The lowest BCUT2D eigenvalue weighted by molar-refractivity contribution is 0.0640. The highest BCUT2D eigenvalue weighted by Gasteiger charge is 2.28. The molecular formula is C11H15ClFNO3S. The maximum absolute atomic E-state index is 13.1. The number of benzene rings is 1. The van der Waals surface area contributed by atoms with Gasteiger partial charge in [0.1, 0.15) is 10.7 Å². The largest absolute Gasteiger partial charge is 0.389 e. The van der Waals surface area contributed by atoms with E-state index < -0.39 is 21.4 Å². The molecule has 1 N–H and O–H groups in total. The number of aliphatic hydroxyl groups is 1. The van der Waals surface area contributed by atoms with E-state index in [-0.39, 0.29) is 16.5 Å². The Morgan fingerprint density at radius 2 is 2.00 bits per heavy atom. The van der Waals surface area contributed by atoms with Crippen molar-refractivity contribution in [2.75, 3.05) is 13.6 Å². The summed E-state index contributed by atoms with van der Waals surface area (Å²) in [6, 6.07) is 3.12. The lowest BCUT2D eigenvalue weighted by atomic mass is 10.1. The highest BCUT2D eigenvalue weighted by molar-refractivity contribution is 7.89. The number of sulfonamides is 1. The molecule has 0 fully saturated rings. The number of halogens is 2. The van der Waals surface area contributed by atoms with Crippen LogP contribution < -0.4 is 0 Å². The van der Waals surface area contributed by atoms with Crippen LogP contribution in [0.25, 0.3) is 0 Å². The second kappa shape index (κ2) is 5.13. The molecule has 1 aromatic rings. The second-order valence-corrected chi connectivity index (χ2v) is 7.07. The normalized spacial score (nSPS) is 13.1. The predicted octanol–water partition coefficient (Wildman–Crippen LogP) is 1.87. The van der Waals surface area contributed by atoms with Crippen molar-refractivity contribution in [2.24, 2.45) is 0 Å². The molecule has 0 aliphatic rings. The molecule has 18 heavy (non-hydrogen) atoms. The molecule has 0 aromatic heterocycles. The van der Waals surface area contributed by atoms with Crippen LogP contribution >= 0.6 is 11.6 Å². The van der Waals surface area contributed by atoms with Gasteiger partial charge in [-0.3, -0.25) is 0 Å². The highest BCUT2D eigenvalue weighted by Crippen LogP contribution is 2.25. The Kier molecular flexibility index (Phi) is 4.38. The monoisotopic (exact) mass is 295 g/mol. The molecule has 0 saturated carbocycles. The van der Waals surface area contributed by atoms with Crippen LogP contribution in [0, 0.1) is 5.82 Å². The SMILES string of the molecule is CN(CC(C)(C)O)S(=O)(=O)c1cc(F)ccc1Cl. The predicted molar refractivity (Wildman–Crippen MR) is 67.5 cm³/mol. The van der Waals surface area contributed by atoms with Crippen LogP contribution in [0.2, 0.25) is 5.02 Å². The third kappa shape index (κ3) is 3.65. The van der Waals surface area contributed by atoms with Crippen LogP contribution in [0.15, 0.2) is 23.1 Å². The van der Waals surface area contributed by atoms with Crippen molar-refractivity contribution in [1.82, 2.24) is 4.31 Å². The lowest BCUT2D eigenvalue weighted by Crippen LogP contribution is -2.39. The third-order valence-electron chi connectivity index (χ3n) is 2.19. The van der Waals surface area contributed by atoms with Crippen LogP contribution in [0.4, 0.5) is 4.39 Å². The van der Waals surface area contributed by atoms with Gasteiger partial charge in [0.05, 0.1) is 10.6 Å². The molecule has 0 unspecified atom stereocenters. The van der Waals surface area contributed by atoms with E-state index in [2.05, 4.69) is 0 Å². The molecule has 0 saturated heterocycles. The minimum absolute atomic E-state index is 0.0565. The first-order valence-electron chi connectivity index (χ1n) is 5.18. The first-order chi connectivity index (χ1) is 8.04. The Labute approximate surface area is 111 Å². The van der Waals surface area contributed by atoms with Gasteiger partial charge in [0.2, 0.25) is 10.0 Å². The molecule has 7 heteroatoms. The van der Waals surface area contributed by atoms with Crippen molar-refractivity contribution in [3.8, 4) is 0 Å². The molecule has 0 aliphatic heterocycles. The molecule has 0 radical (unpaired) electrons. The van der Waals surface area contributed by atoms with Crippen LogP contribution in [0.5, 0.6) is 0 Å². The summed E-state index contributed by atoms with van der Waals surface area (Å²) < 4.78 is 38.3. The van der Waals surface area contributed by atoms with Gasteiger partial charge in [-0.2, -0.15) is 4.31 Å². The van der Waals surface area contributed by atoms with E-state index in [1.165, 1.54) is 27.0 Å². The molecule has 4 nitrogen and oxygen atoms in total. The molecule has 0 heterocycles. The van der Waals surface area contributed by atoms with Crippen LogP contribution in [0.1, 0.15) is 13.8 Å². The van der Waals surface area contributed by atoms with E-state index in [4.69, 9.17) is 11.6 Å². The van der Waals surface area contributed by atoms with E-state index in [0.717, 1.165) is 16.4 Å². The molecule has 0 spiro atoms. The summed E-state index contributed by atoms with van der Waals surface area (Å²) in [7, 11) is -2.62. The fourth-order valence-electron chi connectivity index (χ4n) is 1.47. The van der Waals surface area contributed by atoms with Crippen molar-refractivity contribution < 1.29 is 17.9 Å². The zero-order chi connectivity index (χ0) is 14.1. The van der Waals surface area contributed by atoms with Gasteiger partial charge in [-0.1, -0.05) is 11.6 Å². The summed E-state index contributed by atoms with van der Waals surface area (Å²) in [5.41, 5.74) is -1.19. The summed E-state index contributed by atoms with van der Waals surface area (Å²) in [6.45, 7) is 2.83. The average molecular weight is 296 g/mol. The van der Waals surface area contributed by atoms with Gasteiger partial charge in [-0.25, -0.2) is 12.8 Å². The Morgan fingerprint density at radius 1 is 1.44 bits per heavy atom. The molecule has 0 amide bonds. The highest BCUT2D eigenvalue weighted by atomic mass is 35.5. The molecule has 0 atom stereocenters. The van der Waals surface area contributed by atoms with Crippen molar-refractivity contribution >= 4 is 21.6 Å². The molecule has 0 aliphatic carbocycles. The zero-order valence-corrected chi connectivity index (χ0v) is 11.9. The van der Waals surface area contributed by atoms with Gasteiger partial charge in [0, 0.05) is 13.6 Å². The number of hydrogen-bond acceptors (Lipinski definition) is 3. The van der Waals surface area contributed by atoms with E-state index >= 15 is 0 Å². The maximum Gasteiger partial charge on any atom is 0.244 e. The first kappa shape index (κ1) is 15.4. The van der Waals surface area contributed by atoms with Crippen LogP contribution in [-0.2, 0) is 10.0 Å². The molecular weight excluding hydrogens is 281 g/mol. The van der Waals surface area contributed by atoms with Gasteiger partial charge < -0.3 is 5.11 Å². The molecule has 102 valence electrons. The van der Waals surface area contributed by atoms with Crippen molar-refractivity contribution in [2.45, 2.75) is 24.3 Å². The summed E-state index contributed by atoms with van der Waals surface area (Å²) in [6.07, 6.45) is 0. The Bertz CT molecular complexity index is 540. The summed E-state index contributed by atoms with van der Waals surface area (Å²) in [4.78, 5) is -0.309. The number of rotatable bonds is 4. The summed E-state index contributed by atoms with van der Waals surface area (Å²) in [5.74, 6) is -0.686. The standard InChI is InChI=1S/C11H15ClFNO3S/c1-11(2,15)7-14(3)18(16,17)10-6-8(13)4-5-9(10)12/h4-6,15H,7H2,1-3H3. The van der Waals surface area contributed by atoms with Gasteiger partial charge in [0.25, 0.3) is 0 Å². The third-order valence-corrected chi connectivity index (χ3v) is 4.48. The van der Waals surface area contributed by atoms with Crippen molar-refractivity contribution in [3.63, 3.8) is 0 Å². The summed E-state index contributed by atoms with van der Waals surface area (Å²) >= 11 is 5.76. The quantitative estimate of drug-likeness (QED) is 0.922. The van der Waals surface area contributed by atoms with Crippen molar-refractivity contribution in [1.29, 1.82) is 0 Å². The Balaban J connectivity index is 3.17.